The Morgan fingerprint density at radius 1 is 1.32 bits per heavy atom. The molecule has 22 heavy (non-hydrogen) atoms. The second-order valence-electron chi connectivity index (χ2n) is 5.67. The number of thioether (sulfide) groups is 1. The molecule has 1 aromatic carbocycles. The van der Waals surface area contributed by atoms with Crippen LogP contribution in [-0.4, -0.2) is 35.6 Å². The molecule has 0 spiro atoms. The number of halogens is 1. The molecule has 2 amide bonds. The Labute approximate surface area is 134 Å². The summed E-state index contributed by atoms with van der Waals surface area (Å²) in [7, 11) is 0. The number of benzene rings is 1. The molecule has 6 heteroatoms. The largest absolute Gasteiger partial charge is 0.394 e. The van der Waals surface area contributed by atoms with E-state index in [2.05, 4.69) is 10.6 Å². The Hall–Kier alpha value is -1.27. The van der Waals surface area contributed by atoms with Crippen LogP contribution >= 0.6 is 11.8 Å². The van der Waals surface area contributed by atoms with Crippen molar-refractivity contribution in [2.24, 2.45) is 0 Å². The summed E-state index contributed by atoms with van der Waals surface area (Å²) in [6.07, 6.45) is 3.75. The molecule has 0 bridgehead atoms. The van der Waals surface area contributed by atoms with Crippen LogP contribution < -0.4 is 10.6 Å². The summed E-state index contributed by atoms with van der Waals surface area (Å²) in [6, 6.07) is 6.49. The molecule has 0 aliphatic heterocycles. The predicted octanol–water partition coefficient (Wildman–Crippen LogP) is 2.66. The van der Waals surface area contributed by atoms with Crippen molar-refractivity contribution in [1.29, 1.82) is 0 Å². The average molecular weight is 326 g/mol. The number of urea groups is 1. The highest BCUT2D eigenvalue weighted by molar-refractivity contribution is 7.98. The minimum Gasteiger partial charge on any atom is -0.394 e. The van der Waals surface area contributed by atoms with Crippen molar-refractivity contribution in [2.45, 2.75) is 37.0 Å². The van der Waals surface area contributed by atoms with E-state index in [-0.39, 0.29) is 18.5 Å². The van der Waals surface area contributed by atoms with Gasteiger partial charge in [0.25, 0.3) is 0 Å². The molecule has 0 atom stereocenters. The van der Waals surface area contributed by atoms with Gasteiger partial charge in [0.1, 0.15) is 5.82 Å². The molecule has 2 rings (SSSR count). The van der Waals surface area contributed by atoms with Crippen molar-refractivity contribution in [3.63, 3.8) is 0 Å². The fourth-order valence-corrected chi connectivity index (χ4v) is 3.54. The van der Waals surface area contributed by atoms with Gasteiger partial charge in [-0.25, -0.2) is 9.18 Å². The third-order valence-corrected chi connectivity index (χ3v) is 5.00. The van der Waals surface area contributed by atoms with Gasteiger partial charge < -0.3 is 15.7 Å². The molecule has 122 valence electrons. The maximum Gasteiger partial charge on any atom is 0.315 e. The highest BCUT2D eigenvalue weighted by Crippen LogP contribution is 2.28. The molecule has 1 saturated carbocycles. The number of hydrogen-bond donors (Lipinski definition) is 3. The van der Waals surface area contributed by atoms with E-state index in [9.17, 15) is 14.3 Å². The zero-order valence-corrected chi connectivity index (χ0v) is 13.4. The molecule has 0 saturated heterocycles. The topological polar surface area (TPSA) is 61.4 Å². The van der Waals surface area contributed by atoms with Gasteiger partial charge in [0.15, 0.2) is 0 Å². The first-order valence-electron chi connectivity index (χ1n) is 7.63. The summed E-state index contributed by atoms with van der Waals surface area (Å²) in [6.45, 7) is 0.509. The minimum absolute atomic E-state index is 0.0115. The summed E-state index contributed by atoms with van der Waals surface area (Å²) >= 11 is 1.58. The third kappa shape index (κ3) is 4.88. The fourth-order valence-electron chi connectivity index (χ4n) is 2.69. The van der Waals surface area contributed by atoms with Gasteiger partial charge in [-0.2, -0.15) is 11.8 Å². The minimum atomic E-state index is -0.440. The zero-order valence-electron chi connectivity index (χ0n) is 12.6. The van der Waals surface area contributed by atoms with Crippen molar-refractivity contribution in [3.05, 3.63) is 35.6 Å². The average Bonchev–Trinajstić information content (AvgIpc) is 2.97. The summed E-state index contributed by atoms with van der Waals surface area (Å²) in [5.41, 5.74) is 0.242. The maximum absolute atomic E-state index is 13.4. The van der Waals surface area contributed by atoms with Gasteiger partial charge in [-0.3, -0.25) is 0 Å². The first-order valence-corrected chi connectivity index (χ1v) is 8.79. The quantitative estimate of drug-likeness (QED) is 0.675. The number of carbonyl (C=O) groups excluding carboxylic acids is 1. The Bertz CT molecular complexity index is 493. The van der Waals surface area contributed by atoms with Crippen LogP contribution in [0.15, 0.2) is 24.3 Å². The molecular formula is C16H23FN2O2S. The van der Waals surface area contributed by atoms with E-state index >= 15 is 0 Å². The van der Waals surface area contributed by atoms with Crippen LogP contribution in [0.3, 0.4) is 0 Å². The molecule has 1 fully saturated rings. The second-order valence-corrected chi connectivity index (χ2v) is 6.78. The molecule has 0 unspecified atom stereocenters. The van der Waals surface area contributed by atoms with Gasteiger partial charge in [-0.1, -0.05) is 31.0 Å². The van der Waals surface area contributed by atoms with Gasteiger partial charge in [-0.05, 0) is 24.5 Å². The Kier molecular flexibility index (Phi) is 6.51. The van der Waals surface area contributed by atoms with Gasteiger partial charge >= 0.3 is 6.03 Å². The standard InChI is InChI=1S/C16H23FN2O2S/c17-14-6-2-1-5-13(14)11-22-10-9-18-15(21)19-16(12-20)7-3-4-8-16/h1-2,5-6,20H,3-4,7-12H2,(H2,18,19,21). The number of aliphatic hydroxyl groups excluding tert-OH is 1. The van der Waals surface area contributed by atoms with E-state index in [0.717, 1.165) is 25.7 Å². The summed E-state index contributed by atoms with van der Waals surface area (Å²) in [5.74, 6) is 1.12. The lowest BCUT2D eigenvalue weighted by molar-refractivity contribution is 0.163. The van der Waals surface area contributed by atoms with Crippen molar-refractivity contribution < 1.29 is 14.3 Å². The molecule has 1 aromatic rings. The van der Waals surface area contributed by atoms with E-state index < -0.39 is 5.54 Å². The van der Waals surface area contributed by atoms with E-state index in [0.29, 0.717) is 23.6 Å². The van der Waals surface area contributed by atoms with Crippen LogP contribution in [0.2, 0.25) is 0 Å². The normalized spacial score (nSPS) is 16.5. The lowest BCUT2D eigenvalue weighted by atomic mass is 9.99. The second kappa shape index (κ2) is 8.39. The van der Waals surface area contributed by atoms with Gasteiger partial charge in [0.05, 0.1) is 12.1 Å². The van der Waals surface area contributed by atoms with Crippen LogP contribution in [0.4, 0.5) is 9.18 Å². The number of nitrogens with one attached hydrogen (secondary N) is 2. The monoisotopic (exact) mass is 326 g/mol. The van der Waals surface area contributed by atoms with Crippen LogP contribution in [0, 0.1) is 5.82 Å². The summed E-state index contributed by atoms with van der Waals surface area (Å²) in [5, 5.41) is 15.1. The van der Waals surface area contributed by atoms with Crippen LogP contribution in [0.5, 0.6) is 0 Å². The predicted molar refractivity (Wildman–Crippen MR) is 87.4 cm³/mol. The lowest BCUT2D eigenvalue weighted by Crippen LogP contribution is -2.53. The smallest absolute Gasteiger partial charge is 0.315 e. The number of amides is 2. The maximum atomic E-state index is 13.4. The van der Waals surface area contributed by atoms with Gasteiger partial charge in [0, 0.05) is 18.1 Å². The molecule has 4 nitrogen and oxygen atoms in total. The number of aliphatic hydroxyl groups is 1. The lowest BCUT2D eigenvalue weighted by Gasteiger charge is -2.27. The van der Waals surface area contributed by atoms with Crippen LogP contribution in [0.1, 0.15) is 31.2 Å². The molecular weight excluding hydrogens is 303 g/mol. The summed E-state index contributed by atoms with van der Waals surface area (Å²) < 4.78 is 13.4. The van der Waals surface area contributed by atoms with E-state index in [1.165, 1.54) is 6.07 Å². The SMILES string of the molecule is O=C(NCCSCc1ccccc1F)NC1(CO)CCCC1. The van der Waals surface area contributed by atoms with Crippen molar-refractivity contribution >= 4 is 17.8 Å². The number of rotatable bonds is 7. The molecule has 0 aromatic heterocycles. The highest BCUT2D eigenvalue weighted by Gasteiger charge is 2.34. The van der Waals surface area contributed by atoms with Crippen LogP contribution in [0.25, 0.3) is 0 Å². The van der Waals surface area contributed by atoms with Gasteiger partial charge in [-0.15, -0.1) is 0 Å². The zero-order chi connectivity index (χ0) is 15.8. The molecule has 0 radical (unpaired) electrons. The molecule has 3 N–H and O–H groups in total. The molecule has 0 heterocycles. The number of hydrogen-bond acceptors (Lipinski definition) is 3. The fraction of sp³-hybridized carbons (Fsp3) is 0.562. The van der Waals surface area contributed by atoms with Crippen molar-refractivity contribution in [2.75, 3.05) is 18.9 Å². The van der Waals surface area contributed by atoms with Crippen molar-refractivity contribution in [1.82, 2.24) is 10.6 Å². The van der Waals surface area contributed by atoms with Crippen molar-refractivity contribution in [3.8, 4) is 0 Å². The van der Waals surface area contributed by atoms with Crippen LogP contribution in [-0.2, 0) is 5.75 Å². The van der Waals surface area contributed by atoms with Gasteiger partial charge in [0.2, 0.25) is 0 Å². The third-order valence-electron chi connectivity index (χ3n) is 3.99. The van der Waals surface area contributed by atoms with E-state index in [1.54, 1.807) is 23.9 Å². The van der Waals surface area contributed by atoms with E-state index in [4.69, 9.17) is 0 Å². The summed E-state index contributed by atoms with van der Waals surface area (Å²) in [4.78, 5) is 11.8. The molecule has 1 aliphatic carbocycles. The first kappa shape index (κ1) is 17.1. The van der Waals surface area contributed by atoms with E-state index in [1.807, 2.05) is 6.07 Å². The Balaban J connectivity index is 1.62. The first-order chi connectivity index (χ1) is 10.7. The Morgan fingerprint density at radius 2 is 2.05 bits per heavy atom. The highest BCUT2D eigenvalue weighted by atomic mass is 32.2. The number of carbonyl (C=O) groups is 1. The Morgan fingerprint density at radius 3 is 2.73 bits per heavy atom. The molecule has 1 aliphatic rings.